The molecule has 0 aliphatic heterocycles. The largest absolute Gasteiger partial charge is 0.489 e. The summed E-state index contributed by atoms with van der Waals surface area (Å²) in [6.45, 7) is 4.44. The van der Waals surface area contributed by atoms with Crippen molar-refractivity contribution in [3.05, 3.63) is 99.4 Å². The second-order valence-electron chi connectivity index (χ2n) is 8.95. The van der Waals surface area contributed by atoms with Gasteiger partial charge in [-0.2, -0.15) is 0 Å². The van der Waals surface area contributed by atoms with E-state index in [4.69, 9.17) is 42.3 Å². The Balaban J connectivity index is 1.34. The fraction of sp³-hybridized carbons (Fsp3) is 0.172. The molecule has 0 aliphatic carbocycles. The molecule has 2 aromatic heterocycles. The van der Waals surface area contributed by atoms with Crippen molar-refractivity contribution in [2.75, 3.05) is 0 Å². The highest BCUT2D eigenvalue weighted by atomic mass is 35.5. The van der Waals surface area contributed by atoms with Gasteiger partial charge >= 0.3 is 5.97 Å². The number of thiophene rings is 1. The molecule has 0 radical (unpaired) electrons. The zero-order valence-electron chi connectivity index (χ0n) is 20.5. The van der Waals surface area contributed by atoms with E-state index in [1.165, 1.54) is 0 Å². The lowest BCUT2D eigenvalue weighted by atomic mass is 10.1. The summed E-state index contributed by atoms with van der Waals surface area (Å²) in [6.07, 6.45) is 0. The van der Waals surface area contributed by atoms with Gasteiger partial charge in [0, 0.05) is 15.5 Å². The quantitative estimate of drug-likeness (QED) is 0.191. The molecule has 0 saturated carbocycles. The van der Waals surface area contributed by atoms with Gasteiger partial charge in [-0.05, 0) is 59.5 Å². The predicted octanol–water partition coefficient (Wildman–Crippen LogP) is 8.84. The van der Waals surface area contributed by atoms with Crippen LogP contribution in [0, 0.1) is 0 Å². The van der Waals surface area contributed by atoms with Crippen LogP contribution in [0.5, 0.6) is 11.5 Å². The Bertz CT molecular complexity index is 1590. The molecule has 6 nitrogen and oxygen atoms in total. The van der Waals surface area contributed by atoms with Gasteiger partial charge in [0.1, 0.15) is 30.4 Å². The van der Waals surface area contributed by atoms with Crippen LogP contribution >= 0.6 is 34.5 Å². The molecule has 38 heavy (non-hydrogen) atoms. The number of aromatic carboxylic acids is 1. The van der Waals surface area contributed by atoms with Crippen molar-refractivity contribution >= 4 is 50.6 Å². The van der Waals surface area contributed by atoms with Crippen LogP contribution in [0.25, 0.3) is 20.5 Å². The van der Waals surface area contributed by atoms with Gasteiger partial charge in [-0.3, -0.25) is 0 Å². The van der Waals surface area contributed by atoms with Crippen molar-refractivity contribution < 1.29 is 23.9 Å². The van der Waals surface area contributed by atoms with Gasteiger partial charge in [-0.15, -0.1) is 11.3 Å². The van der Waals surface area contributed by atoms with Crippen LogP contribution in [0.2, 0.25) is 10.0 Å². The minimum atomic E-state index is -0.939. The molecule has 1 N–H and O–H groups in total. The predicted molar refractivity (Wildman–Crippen MR) is 150 cm³/mol. The first-order valence-corrected chi connectivity index (χ1v) is 13.4. The number of carbonyl (C=O) groups is 1. The summed E-state index contributed by atoms with van der Waals surface area (Å²) < 4.78 is 18.8. The Hall–Kier alpha value is -3.52. The molecule has 9 heteroatoms. The zero-order chi connectivity index (χ0) is 26.8. The SMILES string of the molecule is CC(C)c1onc(COc2c(Cl)cccc2Cl)c1COc1ccc2sc(-c3ccc(C(=O)O)cc3)cc2c1. The summed E-state index contributed by atoms with van der Waals surface area (Å²) in [4.78, 5) is 12.2. The van der Waals surface area contributed by atoms with Crippen LogP contribution in [-0.4, -0.2) is 16.2 Å². The Morgan fingerprint density at radius 3 is 2.42 bits per heavy atom. The fourth-order valence-electron chi connectivity index (χ4n) is 4.03. The lowest BCUT2D eigenvalue weighted by molar-refractivity contribution is 0.0697. The van der Waals surface area contributed by atoms with Crippen molar-refractivity contribution in [2.24, 2.45) is 0 Å². The van der Waals surface area contributed by atoms with E-state index >= 15 is 0 Å². The minimum absolute atomic E-state index is 0.105. The normalized spacial score (nSPS) is 11.3. The molecule has 0 spiro atoms. The van der Waals surface area contributed by atoms with E-state index in [9.17, 15) is 4.79 Å². The van der Waals surface area contributed by atoms with Crippen molar-refractivity contribution in [1.82, 2.24) is 5.16 Å². The third-order valence-corrected chi connectivity index (χ3v) is 7.74. The highest BCUT2D eigenvalue weighted by Gasteiger charge is 2.21. The molecule has 0 aliphatic rings. The molecular formula is C29H23Cl2NO5S. The second-order valence-corrected chi connectivity index (χ2v) is 10.8. The topological polar surface area (TPSA) is 81.8 Å². The van der Waals surface area contributed by atoms with Crippen LogP contribution in [0.3, 0.4) is 0 Å². The number of fused-ring (bicyclic) bond motifs is 1. The average Bonchev–Trinajstić information content (AvgIpc) is 3.51. The third-order valence-electron chi connectivity index (χ3n) is 5.98. The number of halogens is 2. The summed E-state index contributed by atoms with van der Waals surface area (Å²) in [5, 5.41) is 15.2. The Morgan fingerprint density at radius 1 is 1.00 bits per heavy atom. The maximum atomic E-state index is 11.1. The molecule has 0 bridgehead atoms. The van der Waals surface area contributed by atoms with Crippen molar-refractivity contribution in [1.29, 1.82) is 0 Å². The first-order chi connectivity index (χ1) is 18.3. The summed E-state index contributed by atoms with van der Waals surface area (Å²) in [5.74, 6) is 1.00. The summed E-state index contributed by atoms with van der Waals surface area (Å²) in [6, 6.07) is 20.1. The van der Waals surface area contributed by atoms with E-state index in [1.54, 1.807) is 41.7 Å². The highest BCUT2D eigenvalue weighted by Crippen LogP contribution is 2.36. The van der Waals surface area contributed by atoms with Gasteiger partial charge in [0.25, 0.3) is 0 Å². The van der Waals surface area contributed by atoms with Crippen molar-refractivity contribution in [3.8, 4) is 21.9 Å². The number of hydrogen-bond donors (Lipinski definition) is 1. The van der Waals surface area contributed by atoms with Crippen LogP contribution in [0.4, 0.5) is 0 Å². The maximum Gasteiger partial charge on any atom is 0.335 e. The van der Waals surface area contributed by atoms with Crippen LogP contribution in [-0.2, 0) is 13.2 Å². The number of nitrogens with zero attached hydrogens (tertiary/aromatic N) is 1. The first kappa shape index (κ1) is 26.1. The number of rotatable bonds is 9. The number of benzene rings is 3. The molecule has 0 atom stereocenters. The van der Waals surface area contributed by atoms with Crippen LogP contribution in [0.15, 0.2) is 71.3 Å². The molecule has 0 unspecified atom stereocenters. The van der Waals surface area contributed by atoms with E-state index in [2.05, 4.69) is 11.2 Å². The van der Waals surface area contributed by atoms with Crippen molar-refractivity contribution in [2.45, 2.75) is 33.0 Å². The number of aromatic nitrogens is 1. The standard InChI is InChI=1S/C29H23Cl2NO5S/c1-16(2)27-21(24(32-37-27)15-36-28-22(30)4-3-5-23(28)31)14-35-20-10-11-25-19(12-20)13-26(38-25)17-6-8-18(9-7-17)29(33)34/h3-13,16H,14-15H2,1-2H3,(H,33,34). The van der Waals surface area contributed by atoms with Crippen molar-refractivity contribution in [3.63, 3.8) is 0 Å². The van der Waals surface area contributed by atoms with Gasteiger partial charge in [0.15, 0.2) is 5.75 Å². The molecule has 2 heterocycles. The molecule has 3 aromatic carbocycles. The van der Waals surface area contributed by atoms with Gasteiger partial charge in [-0.25, -0.2) is 4.79 Å². The van der Waals surface area contributed by atoms with E-state index in [1.807, 2.05) is 44.2 Å². The highest BCUT2D eigenvalue weighted by molar-refractivity contribution is 7.22. The van der Waals surface area contributed by atoms with Gasteiger partial charge in [-0.1, -0.05) is 60.4 Å². The smallest absolute Gasteiger partial charge is 0.335 e. The first-order valence-electron chi connectivity index (χ1n) is 11.8. The number of ether oxygens (including phenoxy) is 2. The number of hydrogen-bond acceptors (Lipinski definition) is 6. The molecule has 0 saturated heterocycles. The minimum Gasteiger partial charge on any atom is -0.489 e. The van der Waals surface area contributed by atoms with E-state index in [0.29, 0.717) is 27.2 Å². The van der Waals surface area contributed by atoms with E-state index in [0.717, 1.165) is 31.9 Å². The molecule has 5 aromatic rings. The van der Waals surface area contributed by atoms with Gasteiger partial charge in [0.05, 0.1) is 21.2 Å². The van der Waals surface area contributed by atoms with Crippen LogP contribution < -0.4 is 9.47 Å². The van der Waals surface area contributed by atoms with E-state index in [-0.39, 0.29) is 24.7 Å². The Kier molecular flexibility index (Phi) is 7.61. The lowest BCUT2D eigenvalue weighted by Gasteiger charge is -2.11. The van der Waals surface area contributed by atoms with Crippen LogP contribution in [0.1, 0.15) is 47.1 Å². The summed E-state index contributed by atoms with van der Waals surface area (Å²) >= 11 is 14.1. The lowest BCUT2D eigenvalue weighted by Crippen LogP contribution is -2.05. The number of para-hydroxylation sites is 1. The monoisotopic (exact) mass is 567 g/mol. The maximum absolute atomic E-state index is 11.1. The summed E-state index contributed by atoms with van der Waals surface area (Å²) in [7, 11) is 0. The number of carboxylic acids is 1. The Labute approximate surface area is 233 Å². The second kappa shape index (κ2) is 11.1. The molecular weight excluding hydrogens is 545 g/mol. The molecule has 0 amide bonds. The fourth-order valence-corrected chi connectivity index (χ4v) is 5.58. The molecule has 194 valence electrons. The van der Waals surface area contributed by atoms with E-state index < -0.39 is 5.97 Å². The third kappa shape index (κ3) is 5.50. The van der Waals surface area contributed by atoms with Gasteiger partial charge < -0.3 is 19.1 Å². The Morgan fingerprint density at radius 2 is 1.74 bits per heavy atom. The number of carboxylic acid groups (broad SMARTS) is 1. The van der Waals surface area contributed by atoms with Gasteiger partial charge in [0.2, 0.25) is 0 Å². The molecule has 5 rings (SSSR count). The molecule has 0 fully saturated rings. The average molecular weight is 568 g/mol. The zero-order valence-corrected chi connectivity index (χ0v) is 22.9. The summed E-state index contributed by atoms with van der Waals surface area (Å²) in [5.41, 5.74) is 2.67.